The number of furan rings is 1. The molecule has 1 rings (SSSR count). The highest BCUT2D eigenvalue weighted by atomic mass is 16.3. The fraction of sp³-hybridized carbons (Fsp3) is 0.583. The Labute approximate surface area is 96.2 Å². The Morgan fingerprint density at radius 2 is 2.19 bits per heavy atom. The standard InChI is InChI=1S/C12H20N2O2/c1-4-9-5-6-10(16-9)11(15)14-8-12(2,3)7-13/h5-6H,4,7-8,13H2,1-3H3,(H,14,15). The third kappa shape index (κ3) is 3.38. The largest absolute Gasteiger partial charge is 0.456 e. The molecule has 1 amide bonds. The molecule has 4 nitrogen and oxygen atoms in total. The molecule has 0 aromatic carbocycles. The fourth-order valence-electron chi connectivity index (χ4n) is 1.17. The first-order valence-electron chi connectivity index (χ1n) is 5.55. The maximum absolute atomic E-state index is 11.7. The van der Waals surface area contributed by atoms with Crippen molar-refractivity contribution in [1.82, 2.24) is 5.32 Å². The average Bonchev–Trinajstić information content (AvgIpc) is 2.74. The number of amides is 1. The average molecular weight is 224 g/mol. The molecule has 0 aliphatic rings. The van der Waals surface area contributed by atoms with E-state index in [0.717, 1.165) is 12.2 Å². The molecule has 0 atom stereocenters. The van der Waals surface area contributed by atoms with E-state index in [9.17, 15) is 4.79 Å². The Kier molecular flexibility index (Phi) is 4.12. The first kappa shape index (κ1) is 12.8. The van der Waals surface area contributed by atoms with Crippen LogP contribution in [0.2, 0.25) is 0 Å². The number of rotatable bonds is 5. The Bertz CT molecular complexity index is 356. The predicted molar refractivity (Wildman–Crippen MR) is 63.3 cm³/mol. The highest BCUT2D eigenvalue weighted by molar-refractivity contribution is 5.91. The van der Waals surface area contributed by atoms with E-state index < -0.39 is 0 Å². The summed E-state index contributed by atoms with van der Waals surface area (Å²) in [7, 11) is 0. The molecule has 3 N–H and O–H groups in total. The lowest BCUT2D eigenvalue weighted by Crippen LogP contribution is -2.38. The van der Waals surface area contributed by atoms with E-state index in [1.807, 2.05) is 26.8 Å². The summed E-state index contributed by atoms with van der Waals surface area (Å²) in [5, 5.41) is 2.81. The SMILES string of the molecule is CCc1ccc(C(=O)NCC(C)(C)CN)o1. The van der Waals surface area contributed by atoms with Crippen molar-refractivity contribution in [2.75, 3.05) is 13.1 Å². The molecule has 0 unspecified atom stereocenters. The zero-order chi connectivity index (χ0) is 12.2. The lowest BCUT2D eigenvalue weighted by molar-refractivity contribution is 0.0908. The molecule has 0 saturated heterocycles. The van der Waals surface area contributed by atoms with Crippen LogP contribution in [0.1, 0.15) is 37.1 Å². The van der Waals surface area contributed by atoms with Gasteiger partial charge in [0.1, 0.15) is 5.76 Å². The lowest BCUT2D eigenvalue weighted by Gasteiger charge is -2.22. The van der Waals surface area contributed by atoms with Gasteiger partial charge in [0.15, 0.2) is 5.76 Å². The van der Waals surface area contributed by atoms with Crippen molar-refractivity contribution in [3.8, 4) is 0 Å². The zero-order valence-electron chi connectivity index (χ0n) is 10.2. The van der Waals surface area contributed by atoms with E-state index in [2.05, 4.69) is 5.32 Å². The Hall–Kier alpha value is -1.29. The van der Waals surface area contributed by atoms with Gasteiger partial charge in [-0.05, 0) is 24.1 Å². The monoisotopic (exact) mass is 224 g/mol. The van der Waals surface area contributed by atoms with Crippen LogP contribution in [0, 0.1) is 5.41 Å². The van der Waals surface area contributed by atoms with Gasteiger partial charge in [-0.15, -0.1) is 0 Å². The van der Waals surface area contributed by atoms with Crippen molar-refractivity contribution in [2.24, 2.45) is 11.1 Å². The van der Waals surface area contributed by atoms with Crippen molar-refractivity contribution >= 4 is 5.91 Å². The van der Waals surface area contributed by atoms with Crippen molar-refractivity contribution in [1.29, 1.82) is 0 Å². The third-order valence-corrected chi connectivity index (χ3v) is 2.51. The molecule has 0 radical (unpaired) electrons. The number of carbonyl (C=O) groups is 1. The molecule has 0 fully saturated rings. The van der Waals surface area contributed by atoms with Gasteiger partial charge in [0.25, 0.3) is 5.91 Å². The van der Waals surface area contributed by atoms with Gasteiger partial charge in [0, 0.05) is 13.0 Å². The van der Waals surface area contributed by atoms with Gasteiger partial charge in [-0.1, -0.05) is 20.8 Å². The van der Waals surface area contributed by atoms with E-state index in [0.29, 0.717) is 18.8 Å². The summed E-state index contributed by atoms with van der Waals surface area (Å²) < 4.78 is 5.35. The fourth-order valence-corrected chi connectivity index (χ4v) is 1.17. The van der Waals surface area contributed by atoms with Crippen LogP contribution in [0.4, 0.5) is 0 Å². The number of aryl methyl sites for hydroxylation is 1. The van der Waals surface area contributed by atoms with Crippen LogP contribution in [-0.2, 0) is 6.42 Å². The van der Waals surface area contributed by atoms with Gasteiger partial charge in [-0.2, -0.15) is 0 Å². The molecule has 1 aromatic heterocycles. The molecule has 4 heteroatoms. The van der Waals surface area contributed by atoms with Crippen LogP contribution in [-0.4, -0.2) is 19.0 Å². The molecule has 1 heterocycles. The molecule has 0 aliphatic heterocycles. The summed E-state index contributed by atoms with van der Waals surface area (Å²) in [5.41, 5.74) is 5.49. The Morgan fingerprint density at radius 1 is 1.50 bits per heavy atom. The number of hydrogen-bond donors (Lipinski definition) is 2. The van der Waals surface area contributed by atoms with Crippen LogP contribution in [0.25, 0.3) is 0 Å². The van der Waals surface area contributed by atoms with Crippen molar-refractivity contribution in [3.63, 3.8) is 0 Å². The van der Waals surface area contributed by atoms with Crippen LogP contribution in [0.5, 0.6) is 0 Å². The minimum Gasteiger partial charge on any atom is -0.456 e. The van der Waals surface area contributed by atoms with Gasteiger partial charge in [0.05, 0.1) is 0 Å². The van der Waals surface area contributed by atoms with Crippen LogP contribution in [0.3, 0.4) is 0 Å². The second-order valence-corrected chi connectivity index (χ2v) is 4.67. The van der Waals surface area contributed by atoms with Gasteiger partial charge in [-0.25, -0.2) is 0 Å². The molecule has 0 aliphatic carbocycles. The molecule has 90 valence electrons. The van der Waals surface area contributed by atoms with Gasteiger partial charge >= 0.3 is 0 Å². The maximum Gasteiger partial charge on any atom is 0.287 e. The minimum absolute atomic E-state index is 0.0875. The highest BCUT2D eigenvalue weighted by Gasteiger charge is 2.18. The minimum atomic E-state index is -0.179. The maximum atomic E-state index is 11.7. The van der Waals surface area contributed by atoms with Crippen LogP contribution in [0.15, 0.2) is 16.5 Å². The Morgan fingerprint density at radius 3 is 2.69 bits per heavy atom. The van der Waals surface area contributed by atoms with Crippen LogP contribution >= 0.6 is 0 Å². The van der Waals surface area contributed by atoms with E-state index in [4.69, 9.17) is 10.2 Å². The van der Waals surface area contributed by atoms with Crippen molar-refractivity contribution in [2.45, 2.75) is 27.2 Å². The second-order valence-electron chi connectivity index (χ2n) is 4.67. The van der Waals surface area contributed by atoms with E-state index >= 15 is 0 Å². The molecular weight excluding hydrogens is 204 g/mol. The van der Waals surface area contributed by atoms with Crippen molar-refractivity contribution in [3.05, 3.63) is 23.7 Å². The number of nitrogens with one attached hydrogen (secondary N) is 1. The molecule has 1 aromatic rings. The van der Waals surface area contributed by atoms with Crippen LogP contribution < -0.4 is 11.1 Å². The highest BCUT2D eigenvalue weighted by Crippen LogP contribution is 2.12. The van der Waals surface area contributed by atoms with E-state index in [1.54, 1.807) is 6.07 Å². The third-order valence-electron chi connectivity index (χ3n) is 2.51. The smallest absolute Gasteiger partial charge is 0.287 e. The molecular formula is C12H20N2O2. The second kappa shape index (κ2) is 5.16. The van der Waals surface area contributed by atoms with Gasteiger partial charge < -0.3 is 15.5 Å². The van der Waals surface area contributed by atoms with Gasteiger partial charge in [-0.3, -0.25) is 4.79 Å². The molecule has 0 spiro atoms. The normalized spacial score (nSPS) is 11.5. The topological polar surface area (TPSA) is 68.3 Å². The quantitative estimate of drug-likeness (QED) is 0.797. The summed E-state index contributed by atoms with van der Waals surface area (Å²) in [6, 6.07) is 3.52. The van der Waals surface area contributed by atoms with E-state index in [1.165, 1.54) is 0 Å². The lowest BCUT2D eigenvalue weighted by atomic mass is 9.94. The Balaban J connectivity index is 2.53. The number of hydrogen-bond acceptors (Lipinski definition) is 3. The molecule has 0 bridgehead atoms. The molecule has 0 saturated carbocycles. The zero-order valence-corrected chi connectivity index (χ0v) is 10.2. The van der Waals surface area contributed by atoms with Gasteiger partial charge in [0.2, 0.25) is 0 Å². The van der Waals surface area contributed by atoms with E-state index in [-0.39, 0.29) is 11.3 Å². The summed E-state index contributed by atoms with van der Waals surface area (Å²) in [6.07, 6.45) is 0.793. The molecule has 16 heavy (non-hydrogen) atoms. The summed E-state index contributed by atoms with van der Waals surface area (Å²) in [4.78, 5) is 11.7. The number of nitrogens with two attached hydrogens (primary N) is 1. The first-order valence-corrected chi connectivity index (χ1v) is 5.55. The van der Waals surface area contributed by atoms with Crippen molar-refractivity contribution < 1.29 is 9.21 Å². The summed E-state index contributed by atoms with van der Waals surface area (Å²) in [5.74, 6) is 1.01. The summed E-state index contributed by atoms with van der Waals surface area (Å²) in [6.45, 7) is 7.08. The summed E-state index contributed by atoms with van der Waals surface area (Å²) >= 11 is 0. The first-order chi connectivity index (χ1) is 7.48. The number of carbonyl (C=O) groups excluding carboxylic acids is 1. The predicted octanol–water partition coefficient (Wildman–Crippen LogP) is 1.56.